The Morgan fingerprint density at radius 1 is 1.44 bits per heavy atom. The predicted molar refractivity (Wildman–Crippen MR) is 74.5 cm³/mol. The maximum atomic E-state index is 5.66. The molecule has 0 aliphatic carbocycles. The Balaban J connectivity index is 2.38. The third-order valence-corrected chi connectivity index (χ3v) is 2.63. The van der Waals surface area contributed by atoms with Gasteiger partial charge in [0.15, 0.2) is 0 Å². The number of aryl methyl sites for hydroxylation is 1. The fraction of sp³-hybridized carbons (Fsp3) is 0.600. The van der Waals surface area contributed by atoms with E-state index in [1.807, 2.05) is 26.0 Å². The Hall–Kier alpha value is -1.06. The highest BCUT2D eigenvalue weighted by atomic mass is 16.5. The average molecular weight is 251 g/mol. The summed E-state index contributed by atoms with van der Waals surface area (Å²) in [5.41, 5.74) is 1.22. The number of rotatable bonds is 8. The normalized spacial score (nSPS) is 11.8. The number of hydrogen-bond donors (Lipinski definition) is 1. The molecule has 0 unspecified atom stereocenters. The second-order valence-corrected chi connectivity index (χ2v) is 4.90. The van der Waals surface area contributed by atoms with Gasteiger partial charge in [-0.25, -0.2) is 0 Å². The van der Waals surface area contributed by atoms with E-state index in [1.54, 1.807) is 0 Å². The zero-order valence-electron chi connectivity index (χ0n) is 12.0. The molecule has 0 saturated heterocycles. The zero-order valence-corrected chi connectivity index (χ0v) is 12.0. The van der Waals surface area contributed by atoms with Crippen LogP contribution in [-0.4, -0.2) is 13.2 Å². The molecule has 0 radical (unpaired) electrons. The molecule has 0 spiro atoms. The van der Waals surface area contributed by atoms with Gasteiger partial charge in [-0.2, -0.15) is 0 Å². The van der Waals surface area contributed by atoms with Crippen LogP contribution in [0.25, 0.3) is 0 Å². The van der Waals surface area contributed by atoms with Crippen LogP contribution in [0.5, 0.6) is 0 Å². The van der Waals surface area contributed by atoms with Crippen molar-refractivity contribution in [1.29, 1.82) is 0 Å². The lowest BCUT2D eigenvalue weighted by atomic mass is 10.2. The minimum Gasteiger partial charge on any atom is -0.464 e. The molecule has 0 fully saturated rings. The molecule has 0 aliphatic heterocycles. The number of nitrogens with one attached hydrogen (secondary N) is 1. The third-order valence-electron chi connectivity index (χ3n) is 2.63. The lowest BCUT2D eigenvalue weighted by Gasteiger charge is -2.05. The van der Waals surface area contributed by atoms with Crippen LogP contribution in [0.2, 0.25) is 0 Å². The molecule has 1 aromatic rings. The van der Waals surface area contributed by atoms with Crippen molar-refractivity contribution in [3.8, 4) is 0 Å². The topological polar surface area (TPSA) is 34.4 Å². The summed E-state index contributed by atoms with van der Waals surface area (Å²) in [6, 6.07) is 2.08. The molecule has 3 heteroatoms. The van der Waals surface area contributed by atoms with Crippen molar-refractivity contribution in [3.63, 3.8) is 0 Å². The predicted octanol–water partition coefficient (Wildman–Crippen LogP) is 3.43. The quantitative estimate of drug-likeness (QED) is 0.568. The number of hydrogen-bond acceptors (Lipinski definition) is 3. The summed E-state index contributed by atoms with van der Waals surface area (Å²) >= 11 is 0. The van der Waals surface area contributed by atoms with Crippen LogP contribution < -0.4 is 5.32 Å². The highest BCUT2D eigenvalue weighted by Crippen LogP contribution is 2.15. The van der Waals surface area contributed by atoms with Gasteiger partial charge in [-0.15, -0.1) is 0 Å². The molecule has 3 nitrogen and oxygen atoms in total. The zero-order chi connectivity index (χ0) is 13.4. The van der Waals surface area contributed by atoms with Gasteiger partial charge in [-0.3, -0.25) is 0 Å². The molecule has 0 aromatic carbocycles. The summed E-state index contributed by atoms with van der Waals surface area (Å²) < 4.78 is 11.1. The largest absolute Gasteiger partial charge is 0.464 e. The fourth-order valence-electron chi connectivity index (χ4n) is 1.65. The van der Waals surface area contributed by atoms with Gasteiger partial charge in [0.05, 0.1) is 6.61 Å². The lowest BCUT2D eigenvalue weighted by Crippen LogP contribution is -2.18. The molecule has 0 aliphatic rings. The van der Waals surface area contributed by atoms with E-state index < -0.39 is 0 Å². The van der Waals surface area contributed by atoms with Crippen LogP contribution in [0.15, 0.2) is 22.6 Å². The molecular weight excluding hydrogens is 226 g/mol. The van der Waals surface area contributed by atoms with E-state index in [0.29, 0.717) is 19.1 Å². The number of ether oxygens (including phenoxy) is 1. The molecule has 0 saturated carbocycles. The van der Waals surface area contributed by atoms with E-state index in [4.69, 9.17) is 9.15 Å². The molecule has 0 amide bonds. The smallest absolute Gasteiger partial charge is 0.130 e. The van der Waals surface area contributed by atoms with E-state index in [-0.39, 0.29) is 0 Å². The summed E-state index contributed by atoms with van der Waals surface area (Å²) in [6.45, 7) is 11.5. The maximum absolute atomic E-state index is 5.66. The van der Waals surface area contributed by atoms with E-state index in [1.165, 1.54) is 5.56 Å². The Morgan fingerprint density at radius 2 is 2.22 bits per heavy atom. The highest BCUT2D eigenvalue weighted by Gasteiger charge is 2.07. The molecule has 18 heavy (non-hydrogen) atoms. The Kier molecular flexibility index (Phi) is 6.76. The van der Waals surface area contributed by atoms with E-state index in [9.17, 15) is 0 Å². The lowest BCUT2D eigenvalue weighted by molar-refractivity contribution is 0.130. The van der Waals surface area contributed by atoms with Crippen molar-refractivity contribution in [1.82, 2.24) is 5.32 Å². The molecule has 102 valence electrons. The van der Waals surface area contributed by atoms with Gasteiger partial charge in [-0.1, -0.05) is 26.0 Å². The minimum absolute atomic E-state index is 0.537. The molecular formula is C15H25NO2. The first-order valence-corrected chi connectivity index (χ1v) is 6.61. The van der Waals surface area contributed by atoms with E-state index >= 15 is 0 Å². The van der Waals surface area contributed by atoms with Crippen LogP contribution >= 0.6 is 0 Å². The van der Waals surface area contributed by atoms with Gasteiger partial charge < -0.3 is 14.5 Å². The molecule has 0 bridgehead atoms. The first-order valence-electron chi connectivity index (χ1n) is 6.61. The van der Waals surface area contributed by atoms with Crippen molar-refractivity contribution in [3.05, 3.63) is 35.3 Å². The summed E-state index contributed by atoms with van der Waals surface area (Å²) in [5, 5.41) is 3.42. The molecule has 1 heterocycles. The van der Waals surface area contributed by atoms with Crippen molar-refractivity contribution in [2.24, 2.45) is 5.92 Å². The van der Waals surface area contributed by atoms with Gasteiger partial charge in [0, 0.05) is 12.1 Å². The molecule has 1 N–H and O–H groups in total. The van der Waals surface area contributed by atoms with Crippen molar-refractivity contribution < 1.29 is 9.15 Å². The molecule has 1 aromatic heterocycles. The molecule has 1 rings (SSSR count). The van der Waals surface area contributed by atoms with Crippen LogP contribution in [0, 0.1) is 12.8 Å². The van der Waals surface area contributed by atoms with Gasteiger partial charge >= 0.3 is 0 Å². The fourth-order valence-corrected chi connectivity index (χ4v) is 1.65. The minimum atomic E-state index is 0.537. The summed E-state index contributed by atoms with van der Waals surface area (Å²) in [5.74, 6) is 2.55. The maximum Gasteiger partial charge on any atom is 0.130 e. The van der Waals surface area contributed by atoms with Gasteiger partial charge in [0.2, 0.25) is 0 Å². The van der Waals surface area contributed by atoms with Gasteiger partial charge in [-0.05, 0) is 32.4 Å². The van der Waals surface area contributed by atoms with E-state index in [0.717, 1.165) is 24.6 Å². The van der Waals surface area contributed by atoms with Crippen LogP contribution in [0.1, 0.15) is 37.9 Å². The van der Waals surface area contributed by atoms with Crippen LogP contribution in [-0.2, 0) is 17.9 Å². The van der Waals surface area contributed by atoms with Crippen molar-refractivity contribution >= 4 is 0 Å². The van der Waals surface area contributed by atoms with Gasteiger partial charge in [0.25, 0.3) is 0 Å². The van der Waals surface area contributed by atoms with E-state index in [2.05, 4.69) is 25.2 Å². The second-order valence-electron chi connectivity index (χ2n) is 4.90. The standard InChI is InChI=1S/C15H25NO2/c1-5-6-7-17-11-15-8-14(13(4)18-15)10-16-9-12(2)3/h5-6,8,12,16H,7,9-11H2,1-4H3. The Bertz CT molecular complexity index is 367. The summed E-state index contributed by atoms with van der Waals surface area (Å²) in [7, 11) is 0. The second kappa shape index (κ2) is 8.11. The first-order chi connectivity index (χ1) is 8.63. The Labute approximate surface area is 110 Å². The number of allylic oxidation sites excluding steroid dienone is 1. The van der Waals surface area contributed by atoms with Crippen LogP contribution in [0.4, 0.5) is 0 Å². The van der Waals surface area contributed by atoms with Crippen molar-refractivity contribution in [2.45, 2.75) is 40.8 Å². The molecule has 0 atom stereocenters. The number of furan rings is 1. The van der Waals surface area contributed by atoms with Gasteiger partial charge in [0.1, 0.15) is 18.1 Å². The monoisotopic (exact) mass is 251 g/mol. The Morgan fingerprint density at radius 3 is 2.89 bits per heavy atom. The highest BCUT2D eigenvalue weighted by molar-refractivity contribution is 5.20. The summed E-state index contributed by atoms with van der Waals surface area (Å²) in [4.78, 5) is 0. The SMILES string of the molecule is CC=CCOCc1cc(CNCC(C)C)c(C)o1. The first kappa shape index (κ1) is 15.0. The average Bonchev–Trinajstić information content (AvgIpc) is 2.65. The third kappa shape index (κ3) is 5.52. The summed E-state index contributed by atoms with van der Waals surface area (Å²) in [6.07, 6.45) is 3.97. The van der Waals surface area contributed by atoms with Crippen LogP contribution in [0.3, 0.4) is 0 Å². The van der Waals surface area contributed by atoms with Crippen molar-refractivity contribution in [2.75, 3.05) is 13.2 Å².